The van der Waals surface area contributed by atoms with Crippen molar-refractivity contribution >= 4 is 38.6 Å². The van der Waals surface area contributed by atoms with Gasteiger partial charge in [-0.2, -0.15) is 0 Å². The van der Waals surface area contributed by atoms with Gasteiger partial charge in [0.25, 0.3) is 0 Å². The first-order chi connectivity index (χ1) is 20.3. The third-order valence-electron chi connectivity index (χ3n) is 7.89. The highest BCUT2D eigenvalue weighted by Crippen LogP contribution is 2.36. The van der Waals surface area contributed by atoms with Gasteiger partial charge in [0.15, 0.2) is 0 Å². The molecule has 7 aromatic rings. The van der Waals surface area contributed by atoms with Crippen LogP contribution in [-0.2, 0) is 12.8 Å². The molecule has 0 aromatic heterocycles. The monoisotopic (exact) mass is 525 g/mol. The highest BCUT2D eigenvalue weighted by Gasteiger charge is 2.13. The topological polar surface area (TPSA) is 3.24 Å². The van der Waals surface area contributed by atoms with Crippen molar-refractivity contribution in [3.8, 4) is 11.1 Å². The molecule has 0 amide bonds. The Hall–Kier alpha value is -5.14. The maximum Gasteiger partial charge on any atom is 0.0467 e. The zero-order valence-electron chi connectivity index (χ0n) is 22.9. The summed E-state index contributed by atoms with van der Waals surface area (Å²) < 4.78 is 0. The van der Waals surface area contributed by atoms with Crippen LogP contribution in [0.25, 0.3) is 32.7 Å². The first kappa shape index (κ1) is 24.9. The molecule has 0 fully saturated rings. The van der Waals surface area contributed by atoms with Gasteiger partial charge in [0.2, 0.25) is 0 Å². The van der Waals surface area contributed by atoms with Crippen molar-refractivity contribution in [1.29, 1.82) is 0 Å². The van der Waals surface area contributed by atoms with Crippen molar-refractivity contribution in [2.45, 2.75) is 12.8 Å². The highest BCUT2D eigenvalue weighted by molar-refractivity contribution is 5.98. The molecule has 196 valence electrons. The molecule has 1 nitrogen and oxygen atoms in total. The van der Waals surface area contributed by atoms with E-state index in [-0.39, 0.29) is 0 Å². The van der Waals surface area contributed by atoms with E-state index in [1.54, 1.807) is 0 Å². The summed E-state index contributed by atoms with van der Waals surface area (Å²) in [5.74, 6) is 0. The Bertz CT molecular complexity index is 1920. The third-order valence-corrected chi connectivity index (χ3v) is 7.89. The summed E-state index contributed by atoms with van der Waals surface area (Å²) in [6, 6.07) is 59.2. The molecular formula is C40H31N. The SMILES string of the molecule is c1ccc(-c2cccc(N(c3ccccc3)c3ccc(CCc4ccc5cc6ccccc6cc5c4)cc3)c2)cc1. The van der Waals surface area contributed by atoms with Crippen LogP contribution in [0.3, 0.4) is 0 Å². The number of para-hydroxylation sites is 1. The van der Waals surface area contributed by atoms with Crippen LogP contribution in [0.4, 0.5) is 17.1 Å². The number of anilines is 3. The molecule has 0 spiro atoms. The van der Waals surface area contributed by atoms with Crippen molar-refractivity contribution in [1.82, 2.24) is 0 Å². The maximum absolute atomic E-state index is 2.35. The van der Waals surface area contributed by atoms with Crippen molar-refractivity contribution in [2.75, 3.05) is 4.90 Å². The molecule has 7 rings (SSSR count). The van der Waals surface area contributed by atoms with Crippen molar-refractivity contribution in [2.24, 2.45) is 0 Å². The van der Waals surface area contributed by atoms with Crippen molar-refractivity contribution in [3.63, 3.8) is 0 Å². The van der Waals surface area contributed by atoms with Crippen LogP contribution in [0.2, 0.25) is 0 Å². The predicted octanol–water partition coefficient (Wildman–Crippen LogP) is 10.9. The summed E-state index contributed by atoms with van der Waals surface area (Å²) in [5.41, 5.74) is 8.61. The smallest absolute Gasteiger partial charge is 0.0467 e. The minimum atomic E-state index is 1.01. The maximum atomic E-state index is 2.35. The number of hydrogen-bond donors (Lipinski definition) is 0. The first-order valence-corrected chi connectivity index (χ1v) is 14.3. The molecule has 41 heavy (non-hydrogen) atoms. The molecule has 0 N–H and O–H groups in total. The second-order valence-corrected chi connectivity index (χ2v) is 10.6. The molecule has 0 aliphatic carbocycles. The predicted molar refractivity (Wildman–Crippen MR) is 175 cm³/mol. The van der Waals surface area contributed by atoms with Gasteiger partial charge in [-0.1, -0.05) is 115 Å². The number of hydrogen-bond acceptors (Lipinski definition) is 1. The van der Waals surface area contributed by atoms with Gasteiger partial charge in [-0.25, -0.2) is 0 Å². The van der Waals surface area contributed by atoms with E-state index >= 15 is 0 Å². The van der Waals surface area contributed by atoms with E-state index < -0.39 is 0 Å². The van der Waals surface area contributed by atoms with Gasteiger partial charge >= 0.3 is 0 Å². The Balaban J connectivity index is 1.14. The number of benzene rings is 7. The Labute approximate surface area is 242 Å². The lowest BCUT2D eigenvalue weighted by atomic mass is 9.98. The van der Waals surface area contributed by atoms with Crippen LogP contribution in [0, 0.1) is 0 Å². The Kier molecular flexibility index (Phi) is 6.77. The number of fused-ring (bicyclic) bond motifs is 2. The van der Waals surface area contributed by atoms with Gasteiger partial charge in [0, 0.05) is 17.1 Å². The second kappa shape index (κ2) is 11.2. The highest BCUT2D eigenvalue weighted by atomic mass is 15.1. The van der Waals surface area contributed by atoms with E-state index in [1.165, 1.54) is 43.8 Å². The number of nitrogens with zero attached hydrogens (tertiary/aromatic N) is 1. The standard InChI is InChI=1S/C40H31N/c1-3-10-32(11-4-1)35-14-9-17-40(29-35)41(38-15-5-2-6-16-38)39-24-21-30(22-25-39)18-19-31-20-23-36-27-33-12-7-8-13-34(33)28-37(36)26-31/h1-17,20-29H,18-19H2. The molecule has 0 bridgehead atoms. The molecule has 0 saturated heterocycles. The average molecular weight is 526 g/mol. The molecule has 0 aliphatic rings. The van der Waals surface area contributed by atoms with E-state index in [1.807, 2.05) is 0 Å². The van der Waals surface area contributed by atoms with Gasteiger partial charge in [-0.05, 0) is 105 Å². The Morgan fingerprint density at radius 2 is 0.854 bits per heavy atom. The van der Waals surface area contributed by atoms with Crippen LogP contribution in [0.15, 0.2) is 164 Å². The number of aryl methyl sites for hydroxylation is 2. The average Bonchev–Trinajstić information content (AvgIpc) is 3.04. The van der Waals surface area contributed by atoms with E-state index in [0.717, 1.165) is 29.9 Å². The summed E-state index contributed by atoms with van der Waals surface area (Å²) >= 11 is 0. The lowest BCUT2D eigenvalue weighted by Crippen LogP contribution is -2.10. The summed E-state index contributed by atoms with van der Waals surface area (Å²) in [7, 11) is 0. The van der Waals surface area contributed by atoms with E-state index in [4.69, 9.17) is 0 Å². The second-order valence-electron chi connectivity index (χ2n) is 10.6. The van der Waals surface area contributed by atoms with E-state index in [0.29, 0.717) is 0 Å². The van der Waals surface area contributed by atoms with Crippen LogP contribution in [0.5, 0.6) is 0 Å². The van der Waals surface area contributed by atoms with Crippen LogP contribution < -0.4 is 4.90 Å². The van der Waals surface area contributed by atoms with Crippen molar-refractivity contribution < 1.29 is 0 Å². The fourth-order valence-corrected chi connectivity index (χ4v) is 5.72. The largest absolute Gasteiger partial charge is 0.310 e. The summed E-state index contributed by atoms with van der Waals surface area (Å²) in [6.07, 6.45) is 2.03. The quantitative estimate of drug-likeness (QED) is 0.187. The van der Waals surface area contributed by atoms with Crippen LogP contribution in [0.1, 0.15) is 11.1 Å². The Morgan fingerprint density at radius 3 is 1.61 bits per heavy atom. The first-order valence-electron chi connectivity index (χ1n) is 14.3. The molecule has 0 unspecified atom stereocenters. The Morgan fingerprint density at radius 1 is 0.317 bits per heavy atom. The zero-order chi connectivity index (χ0) is 27.4. The lowest BCUT2D eigenvalue weighted by Gasteiger charge is -2.26. The van der Waals surface area contributed by atoms with Crippen LogP contribution >= 0.6 is 0 Å². The van der Waals surface area contributed by atoms with Gasteiger partial charge < -0.3 is 4.90 Å². The molecule has 7 aromatic carbocycles. The molecule has 0 aliphatic heterocycles. The molecule has 0 radical (unpaired) electrons. The fourth-order valence-electron chi connectivity index (χ4n) is 5.72. The van der Waals surface area contributed by atoms with Crippen LogP contribution in [-0.4, -0.2) is 0 Å². The van der Waals surface area contributed by atoms with Gasteiger partial charge in [0.1, 0.15) is 0 Å². The van der Waals surface area contributed by atoms with E-state index in [9.17, 15) is 0 Å². The summed E-state index contributed by atoms with van der Waals surface area (Å²) in [6.45, 7) is 0. The molecular weight excluding hydrogens is 494 g/mol. The lowest BCUT2D eigenvalue weighted by molar-refractivity contribution is 0.962. The zero-order valence-corrected chi connectivity index (χ0v) is 22.9. The minimum absolute atomic E-state index is 1.01. The van der Waals surface area contributed by atoms with Crippen molar-refractivity contribution in [3.05, 3.63) is 175 Å². The van der Waals surface area contributed by atoms with Gasteiger partial charge in [-0.15, -0.1) is 0 Å². The van der Waals surface area contributed by atoms with Gasteiger partial charge in [-0.3, -0.25) is 0 Å². The molecule has 1 heteroatoms. The summed E-state index contributed by atoms with van der Waals surface area (Å²) in [4.78, 5) is 2.34. The number of rotatable bonds is 7. The molecule has 0 heterocycles. The van der Waals surface area contributed by atoms with Gasteiger partial charge in [0.05, 0.1) is 0 Å². The third kappa shape index (κ3) is 5.35. The normalized spacial score (nSPS) is 11.1. The fraction of sp³-hybridized carbons (Fsp3) is 0.0500. The summed E-state index contributed by atoms with van der Waals surface area (Å²) in [5, 5.41) is 5.20. The molecule has 0 atom stereocenters. The van der Waals surface area contributed by atoms with E-state index in [2.05, 4.69) is 169 Å². The molecule has 0 saturated carbocycles. The minimum Gasteiger partial charge on any atom is -0.310 e.